The summed E-state index contributed by atoms with van der Waals surface area (Å²) in [5.41, 5.74) is 1.91. The monoisotopic (exact) mass is 444 g/mol. The van der Waals surface area contributed by atoms with Crippen molar-refractivity contribution in [3.63, 3.8) is 0 Å². The van der Waals surface area contributed by atoms with Crippen LogP contribution in [0, 0.1) is 12.7 Å². The molecule has 0 radical (unpaired) electrons. The van der Waals surface area contributed by atoms with Gasteiger partial charge in [-0.1, -0.05) is 42.5 Å². The number of hydrogen-bond acceptors (Lipinski definition) is 4. The second-order valence-electron chi connectivity index (χ2n) is 6.29. The molecule has 3 aromatic carbocycles. The fourth-order valence-electron chi connectivity index (χ4n) is 3.11. The molecule has 6 heteroatoms. The molecule has 4 nitrogen and oxygen atoms in total. The first-order valence-corrected chi connectivity index (χ1v) is 9.33. The molecule has 0 saturated heterocycles. The molecule has 0 heterocycles. The second-order valence-corrected chi connectivity index (χ2v) is 7.14. The van der Waals surface area contributed by atoms with E-state index in [0.717, 1.165) is 5.56 Å². The van der Waals surface area contributed by atoms with Gasteiger partial charge < -0.3 is 14.9 Å². The molecule has 0 unspecified atom stereocenters. The Labute approximate surface area is 170 Å². The first-order chi connectivity index (χ1) is 13.5. The quantitative estimate of drug-likeness (QED) is 0.388. The van der Waals surface area contributed by atoms with Crippen molar-refractivity contribution >= 4 is 22.2 Å². The molecule has 0 fully saturated rings. The predicted octanol–water partition coefficient (Wildman–Crippen LogP) is 5.50. The van der Waals surface area contributed by atoms with Crippen LogP contribution in [0.3, 0.4) is 0 Å². The molecule has 3 rings (SSSR count). The van der Waals surface area contributed by atoms with Gasteiger partial charge in [0.25, 0.3) is 0 Å². The summed E-state index contributed by atoms with van der Waals surface area (Å²) in [5, 5.41) is 20.5. The number of phenolic OH excluding ortho intramolecular Hbond substituents is 2. The van der Waals surface area contributed by atoms with E-state index in [1.807, 2.05) is 30.3 Å². The highest BCUT2D eigenvalue weighted by Gasteiger charge is 2.24. The van der Waals surface area contributed by atoms with Crippen LogP contribution in [0.4, 0.5) is 4.39 Å². The molecule has 0 aliphatic heterocycles. The van der Waals surface area contributed by atoms with Gasteiger partial charge in [-0.3, -0.25) is 4.79 Å². The van der Waals surface area contributed by atoms with Gasteiger partial charge in [0.1, 0.15) is 5.82 Å². The van der Waals surface area contributed by atoms with E-state index < -0.39 is 17.3 Å². The highest BCUT2D eigenvalue weighted by molar-refractivity contribution is 9.10. The van der Waals surface area contributed by atoms with Crippen molar-refractivity contribution in [1.29, 1.82) is 0 Å². The molecular weight excluding hydrogens is 427 g/mol. The maximum atomic E-state index is 14.8. The molecule has 144 valence electrons. The zero-order valence-electron chi connectivity index (χ0n) is 15.1. The minimum atomic E-state index is -0.537. The average molecular weight is 445 g/mol. The third-order valence-corrected chi connectivity index (χ3v) is 5.15. The van der Waals surface area contributed by atoms with Crippen LogP contribution in [0.5, 0.6) is 11.5 Å². The van der Waals surface area contributed by atoms with E-state index in [2.05, 4.69) is 15.9 Å². The van der Waals surface area contributed by atoms with E-state index >= 15 is 0 Å². The van der Waals surface area contributed by atoms with E-state index in [-0.39, 0.29) is 34.4 Å². The summed E-state index contributed by atoms with van der Waals surface area (Å²) >= 11 is 3.16. The van der Waals surface area contributed by atoms with Crippen LogP contribution >= 0.6 is 15.9 Å². The molecule has 0 aliphatic carbocycles. The minimum Gasteiger partial charge on any atom is -0.504 e. The Bertz CT molecular complexity index is 1020. The second kappa shape index (κ2) is 8.54. The topological polar surface area (TPSA) is 66.8 Å². The van der Waals surface area contributed by atoms with Crippen molar-refractivity contribution in [2.75, 3.05) is 0 Å². The van der Waals surface area contributed by atoms with E-state index in [4.69, 9.17) is 4.74 Å². The fraction of sp³-hybridized carbons (Fsp3) is 0.136. The van der Waals surface area contributed by atoms with Crippen LogP contribution < -0.4 is 0 Å². The van der Waals surface area contributed by atoms with Crippen LogP contribution in [-0.4, -0.2) is 16.5 Å². The number of aldehydes is 1. The molecular formula is C22H18BrFO4. The molecule has 0 saturated carbocycles. The van der Waals surface area contributed by atoms with Crippen LogP contribution in [0.15, 0.2) is 53.0 Å². The molecule has 0 aliphatic rings. The maximum absolute atomic E-state index is 14.8. The van der Waals surface area contributed by atoms with Gasteiger partial charge in [0.2, 0.25) is 0 Å². The van der Waals surface area contributed by atoms with Gasteiger partial charge in [0.15, 0.2) is 17.8 Å². The highest BCUT2D eigenvalue weighted by atomic mass is 79.9. The lowest BCUT2D eigenvalue weighted by Gasteiger charge is -2.19. The number of phenols is 2. The summed E-state index contributed by atoms with van der Waals surface area (Å²) in [7, 11) is 0. The van der Waals surface area contributed by atoms with Crippen molar-refractivity contribution in [3.05, 3.63) is 81.1 Å². The lowest BCUT2D eigenvalue weighted by molar-refractivity contribution is 0.103. The molecule has 28 heavy (non-hydrogen) atoms. The number of ether oxygens (including phenoxy) is 1. The largest absolute Gasteiger partial charge is 0.504 e. The van der Waals surface area contributed by atoms with Gasteiger partial charge in [-0.05, 0) is 40.0 Å². The zero-order valence-corrected chi connectivity index (χ0v) is 16.7. The van der Waals surface area contributed by atoms with Crippen molar-refractivity contribution in [3.8, 4) is 22.6 Å². The predicted molar refractivity (Wildman–Crippen MR) is 108 cm³/mol. The number of carbonyl (C=O) groups excluding carboxylic acids is 1. The number of carbonyl (C=O) groups is 1. The first-order valence-electron chi connectivity index (χ1n) is 8.54. The van der Waals surface area contributed by atoms with E-state index in [1.54, 1.807) is 25.1 Å². The van der Waals surface area contributed by atoms with Gasteiger partial charge in [-0.25, -0.2) is 4.39 Å². The Morgan fingerprint density at radius 2 is 1.75 bits per heavy atom. The van der Waals surface area contributed by atoms with E-state index in [1.165, 1.54) is 0 Å². The molecule has 0 amide bonds. The summed E-state index contributed by atoms with van der Waals surface area (Å²) in [6.07, 6.45) is 0.440. The number of aromatic hydroxyl groups is 2. The Kier molecular flexibility index (Phi) is 6.11. The van der Waals surface area contributed by atoms with Gasteiger partial charge in [0, 0.05) is 16.7 Å². The molecule has 3 aromatic rings. The maximum Gasteiger partial charge on any atom is 0.168 e. The highest BCUT2D eigenvalue weighted by Crippen LogP contribution is 2.44. The average Bonchev–Trinajstić information content (AvgIpc) is 2.70. The van der Waals surface area contributed by atoms with Crippen molar-refractivity contribution in [1.82, 2.24) is 0 Å². The lowest BCUT2D eigenvalue weighted by atomic mass is 9.90. The third-order valence-electron chi connectivity index (χ3n) is 4.53. The van der Waals surface area contributed by atoms with Gasteiger partial charge >= 0.3 is 0 Å². The van der Waals surface area contributed by atoms with E-state index in [0.29, 0.717) is 17.4 Å². The molecule has 0 spiro atoms. The molecule has 0 bridgehead atoms. The number of hydrogen-bond donors (Lipinski definition) is 2. The fourth-order valence-corrected chi connectivity index (χ4v) is 3.48. The third kappa shape index (κ3) is 3.79. The normalized spacial score (nSPS) is 10.8. The van der Waals surface area contributed by atoms with Crippen LogP contribution in [0.25, 0.3) is 11.1 Å². The minimum absolute atomic E-state index is 0.0427. The summed E-state index contributed by atoms with van der Waals surface area (Å²) in [6, 6.07) is 14.2. The molecule has 2 N–H and O–H groups in total. The Morgan fingerprint density at radius 1 is 1.04 bits per heavy atom. The summed E-state index contributed by atoms with van der Waals surface area (Å²) in [6.45, 7) is 1.79. The number of rotatable bonds is 6. The Morgan fingerprint density at radius 3 is 2.43 bits per heavy atom. The van der Waals surface area contributed by atoms with Crippen molar-refractivity contribution in [2.45, 2.75) is 20.1 Å². The van der Waals surface area contributed by atoms with E-state index in [9.17, 15) is 19.4 Å². The smallest absolute Gasteiger partial charge is 0.168 e. The standard InChI is InChI=1S/C22H18BrFO4/c1-13-19(15-8-5-9-18(23)20(15)24)17(16(10-25)22(27)21(13)26)12-28-11-14-6-3-2-4-7-14/h2-10,26-27H,11-12H2,1H3. The molecule has 0 atom stereocenters. The molecule has 0 aromatic heterocycles. The lowest BCUT2D eigenvalue weighted by Crippen LogP contribution is -2.05. The van der Waals surface area contributed by atoms with Crippen molar-refractivity contribution in [2.24, 2.45) is 0 Å². The first kappa shape index (κ1) is 20.0. The van der Waals surface area contributed by atoms with Gasteiger partial charge in [0.05, 0.1) is 23.2 Å². The number of halogens is 2. The van der Waals surface area contributed by atoms with Crippen LogP contribution in [0.1, 0.15) is 27.0 Å². The summed E-state index contributed by atoms with van der Waals surface area (Å²) in [5.74, 6) is -1.52. The Balaban J connectivity index is 2.10. The van der Waals surface area contributed by atoms with Crippen molar-refractivity contribution < 1.29 is 24.1 Å². The summed E-state index contributed by atoms with van der Waals surface area (Å²) < 4.78 is 20.8. The van der Waals surface area contributed by atoms with Gasteiger partial charge in [-0.2, -0.15) is 0 Å². The van der Waals surface area contributed by atoms with Crippen LogP contribution in [-0.2, 0) is 18.0 Å². The van der Waals surface area contributed by atoms with Gasteiger partial charge in [-0.15, -0.1) is 0 Å². The SMILES string of the molecule is Cc1c(O)c(O)c(C=O)c(COCc2ccccc2)c1-c1cccc(Br)c1F. The Hall–Kier alpha value is -2.70. The number of benzene rings is 3. The zero-order chi connectivity index (χ0) is 20.3. The summed E-state index contributed by atoms with van der Waals surface area (Å²) in [4.78, 5) is 11.7. The van der Waals surface area contributed by atoms with Crippen LogP contribution in [0.2, 0.25) is 0 Å².